The number of benzene rings is 1. The van der Waals surface area contributed by atoms with E-state index in [2.05, 4.69) is 73.6 Å². The molecule has 0 spiro atoms. The van der Waals surface area contributed by atoms with E-state index in [-0.39, 0.29) is 18.3 Å². The summed E-state index contributed by atoms with van der Waals surface area (Å²) in [6, 6.07) is 6.43. The summed E-state index contributed by atoms with van der Waals surface area (Å²) in [5, 5.41) is 0. The van der Waals surface area contributed by atoms with Crippen molar-refractivity contribution in [3.05, 3.63) is 47.9 Å². The molecule has 6 heteroatoms. The van der Waals surface area contributed by atoms with Crippen molar-refractivity contribution in [2.45, 2.75) is 51.9 Å². The molecule has 5 rings (SSSR count). The van der Waals surface area contributed by atoms with E-state index < -0.39 is 0 Å². The average molecular weight is 363 g/mol. The molecular formula is C21H26BN3O2. The number of hydrogen-bond acceptors (Lipinski definition) is 4. The predicted molar refractivity (Wildman–Crippen MR) is 108 cm³/mol. The van der Waals surface area contributed by atoms with Gasteiger partial charge in [0.15, 0.2) is 0 Å². The number of rotatable bonds is 2. The molecule has 0 bridgehead atoms. The average Bonchev–Trinajstić information content (AvgIpc) is 2.92. The molecule has 3 heterocycles. The van der Waals surface area contributed by atoms with E-state index in [1.54, 1.807) is 0 Å². The summed E-state index contributed by atoms with van der Waals surface area (Å²) >= 11 is 0. The van der Waals surface area contributed by atoms with Crippen LogP contribution >= 0.6 is 0 Å². The molecule has 0 N–H and O–H groups in total. The van der Waals surface area contributed by atoms with Crippen LogP contribution in [0.3, 0.4) is 0 Å². The van der Waals surface area contributed by atoms with Crippen molar-refractivity contribution in [2.24, 2.45) is 0 Å². The van der Waals surface area contributed by atoms with Gasteiger partial charge in [-0.15, -0.1) is 0 Å². The second-order valence-corrected chi connectivity index (χ2v) is 8.70. The van der Waals surface area contributed by atoms with Crippen LogP contribution in [0.4, 0.5) is 0 Å². The van der Waals surface area contributed by atoms with Crippen molar-refractivity contribution in [2.75, 3.05) is 13.1 Å². The lowest BCUT2D eigenvalue weighted by molar-refractivity contribution is 0.00578. The van der Waals surface area contributed by atoms with Gasteiger partial charge < -0.3 is 18.8 Å². The smallest absolute Gasteiger partial charge is 0.399 e. The largest absolute Gasteiger partial charge is 0.494 e. The number of allylic oxidation sites excluding steroid dienone is 3. The summed E-state index contributed by atoms with van der Waals surface area (Å²) in [5.74, 6) is 1.17. The van der Waals surface area contributed by atoms with Gasteiger partial charge in [0.1, 0.15) is 5.82 Å². The second kappa shape index (κ2) is 5.73. The zero-order valence-electron chi connectivity index (χ0n) is 16.5. The second-order valence-electron chi connectivity index (χ2n) is 8.70. The van der Waals surface area contributed by atoms with Gasteiger partial charge in [-0.05, 0) is 57.4 Å². The van der Waals surface area contributed by atoms with Crippen molar-refractivity contribution in [3.63, 3.8) is 0 Å². The van der Waals surface area contributed by atoms with Gasteiger partial charge in [0.2, 0.25) is 0 Å². The maximum absolute atomic E-state index is 6.20. The normalized spacial score (nSPS) is 23.2. The highest BCUT2D eigenvalue weighted by atomic mass is 16.7. The minimum absolute atomic E-state index is 0.327. The molecule has 1 fully saturated rings. The SMILES string of the molecule is CC1(C)OB(c2ccc3c(c2)nc2n3CCN(C3=CC=C3)CC2)OC1(C)C. The first-order chi connectivity index (χ1) is 12.8. The molecule has 1 aromatic carbocycles. The lowest BCUT2D eigenvalue weighted by Crippen LogP contribution is -2.41. The van der Waals surface area contributed by atoms with E-state index in [0.29, 0.717) is 0 Å². The quantitative estimate of drug-likeness (QED) is 0.770. The van der Waals surface area contributed by atoms with Crippen LogP contribution in [0, 0.1) is 0 Å². The Bertz CT molecular complexity index is 957. The lowest BCUT2D eigenvalue weighted by atomic mass is 9.79. The summed E-state index contributed by atoms with van der Waals surface area (Å²) in [5.41, 5.74) is 3.96. The highest BCUT2D eigenvalue weighted by Gasteiger charge is 2.51. The Morgan fingerprint density at radius 3 is 2.44 bits per heavy atom. The Balaban J connectivity index is 1.43. The van der Waals surface area contributed by atoms with Gasteiger partial charge in [-0.2, -0.15) is 0 Å². The number of aromatic nitrogens is 2. The van der Waals surface area contributed by atoms with E-state index in [0.717, 1.165) is 37.0 Å². The van der Waals surface area contributed by atoms with Crippen LogP contribution in [0.1, 0.15) is 33.5 Å². The summed E-state index contributed by atoms with van der Waals surface area (Å²) in [6.45, 7) is 11.3. The van der Waals surface area contributed by atoms with Gasteiger partial charge in [-0.3, -0.25) is 0 Å². The van der Waals surface area contributed by atoms with E-state index in [1.807, 2.05) is 0 Å². The summed E-state index contributed by atoms with van der Waals surface area (Å²) < 4.78 is 14.8. The van der Waals surface area contributed by atoms with E-state index in [1.165, 1.54) is 17.0 Å². The van der Waals surface area contributed by atoms with Crippen LogP contribution in [0.15, 0.2) is 42.1 Å². The highest BCUT2D eigenvalue weighted by molar-refractivity contribution is 6.62. The van der Waals surface area contributed by atoms with E-state index >= 15 is 0 Å². The molecule has 27 heavy (non-hydrogen) atoms. The van der Waals surface area contributed by atoms with Crippen LogP contribution < -0.4 is 5.46 Å². The van der Waals surface area contributed by atoms with Gasteiger partial charge in [-0.25, -0.2) is 4.98 Å². The van der Waals surface area contributed by atoms with Crippen molar-refractivity contribution >= 4 is 23.6 Å². The van der Waals surface area contributed by atoms with Crippen LogP contribution in [-0.4, -0.2) is 45.9 Å². The molecule has 3 aliphatic rings. The predicted octanol–water partition coefficient (Wildman–Crippen LogP) is 2.65. The molecule has 0 unspecified atom stereocenters. The topological polar surface area (TPSA) is 39.5 Å². The maximum atomic E-state index is 6.20. The molecule has 0 atom stereocenters. The first-order valence-corrected chi connectivity index (χ1v) is 9.82. The van der Waals surface area contributed by atoms with E-state index in [9.17, 15) is 0 Å². The molecule has 0 radical (unpaired) electrons. The number of hydrogen-bond donors (Lipinski definition) is 0. The minimum atomic E-state index is -0.339. The summed E-state index contributed by atoms with van der Waals surface area (Å²) in [7, 11) is -0.339. The Morgan fingerprint density at radius 1 is 1.04 bits per heavy atom. The number of imidazole rings is 1. The highest BCUT2D eigenvalue weighted by Crippen LogP contribution is 2.36. The molecule has 140 valence electrons. The third-order valence-corrected chi connectivity index (χ3v) is 6.47. The Morgan fingerprint density at radius 2 is 1.78 bits per heavy atom. The fraction of sp³-hybridized carbons (Fsp3) is 0.476. The Labute approximate surface area is 160 Å². The summed E-state index contributed by atoms with van der Waals surface area (Å²) in [4.78, 5) is 7.39. The third kappa shape index (κ3) is 2.65. The molecule has 0 amide bonds. The molecule has 1 aliphatic carbocycles. The zero-order chi connectivity index (χ0) is 18.8. The molecule has 2 aromatic rings. The fourth-order valence-corrected chi connectivity index (χ4v) is 3.98. The van der Waals surface area contributed by atoms with Gasteiger partial charge in [0, 0.05) is 31.8 Å². The first kappa shape index (κ1) is 17.1. The third-order valence-electron chi connectivity index (χ3n) is 6.47. The van der Waals surface area contributed by atoms with Crippen LogP contribution in [0.2, 0.25) is 0 Å². The van der Waals surface area contributed by atoms with Gasteiger partial charge >= 0.3 is 7.12 Å². The molecule has 5 nitrogen and oxygen atoms in total. The van der Waals surface area contributed by atoms with Crippen LogP contribution in [-0.2, 0) is 22.3 Å². The molecule has 1 aromatic heterocycles. The zero-order valence-corrected chi connectivity index (χ0v) is 16.5. The van der Waals surface area contributed by atoms with Crippen LogP contribution in [0.5, 0.6) is 0 Å². The van der Waals surface area contributed by atoms with E-state index in [4.69, 9.17) is 14.3 Å². The Kier molecular flexibility index (Phi) is 3.62. The standard InChI is InChI=1S/C21H26BN3O2/c1-20(2)21(3,4)27-22(26-20)15-8-9-18-17(14-15)23-19-10-11-24(12-13-25(18)19)16-6-5-7-16/h5-9,14H,10-13H2,1-4H3. The van der Waals surface area contributed by atoms with Crippen molar-refractivity contribution in [3.8, 4) is 0 Å². The maximum Gasteiger partial charge on any atom is 0.494 e. The van der Waals surface area contributed by atoms with Crippen molar-refractivity contribution in [1.82, 2.24) is 14.5 Å². The van der Waals surface area contributed by atoms with Gasteiger partial charge in [0.25, 0.3) is 0 Å². The monoisotopic (exact) mass is 363 g/mol. The number of fused-ring (bicyclic) bond motifs is 3. The van der Waals surface area contributed by atoms with Crippen LogP contribution in [0.25, 0.3) is 11.0 Å². The minimum Gasteiger partial charge on any atom is -0.399 e. The summed E-state index contributed by atoms with van der Waals surface area (Å²) in [6.07, 6.45) is 7.43. The van der Waals surface area contributed by atoms with Gasteiger partial charge in [-0.1, -0.05) is 12.1 Å². The molecule has 2 aliphatic heterocycles. The fourth-order valence-electron chi connectivity index (χ4n) is 3.98. The first-order valence-electron chi connectivity index (χ1n) is 9.82. The van der Waals surface area contributed by atoms with Gasteiger partial charge in [0.05, 0.1) is 22.2 Å². The Hall–Kier alpha value is -2.05. The molecular weight excluding hydrogens is 337 g/mol. The van der Waals surface area contributed by atoms with Crippen molar-refractivity contribution < 1.29 is 9.31 Å². The number of nitrogens with zero attached hydrogens (tertiary/aromatic N) is 3. The molecule has 0 saturated carbocycles. The van der Waals surface area contributed by atoms with Crippen molar-refractivity contribution in [1.29, 1.82) is 0 Å². The lowest BCUT2D eigenvalue weighted by Gasteiger charge is -2.32. The molecule has 1 saturated heterocycles.